The van der Waals surface area contributed by atoms with Crippen LogP contribution in [-0.2, 0) is 6.42 Å². The van der Waals surface area contributed by atoms with Gasteiger partial charge in [-0.3, -0.25) is 0 Å². The largest absolute Gasteiger partial charge is 0.454 e. The van der Waals surface area contributed by atoms with Gasteiger partial charge in [0, 0.05) is 0 Å². The van der Waals surface area contributed by atoms with Gasteiger partial charge in [-0.05, 0) is 62.3 Å². The van der Waals surface area contributed by atoms with Crippen LogP contribution in [0.5, 0.6) is 11.5 Å². The summed E-state index contributed by atoms with van der Waals surface area (Å²) in [6.07, 6.45) is 2.32. The predicted octanol–water partition coefficient (Wildman–Crippen LogP) is 3.58. The second-order valence-electron chi connectivity index (χ2n) is 5.67. The van der Waals surface area contributed by atoms with Gasteiger partial charge >= 0.3 is 0 Å². The van der Waals surface area contributed by atoms with Crippen LogP contribution in [0.3, 0.4) is 0 Å². The molecule has 0 unspecified atom stereocenters. The summed E-state index contributed by atoms with van der Waals surface area (Å²) in [7, 11) is 4.23. The first-order chi connectivity index (χ1) is 10.2. The van der Waals surface area contributed by atoms with Crippen molar-refractivity contribution in [3.8, 4) is 22.6 Å². The molecule has 0 spiro atoms. The van der Waals surface area contributed by atoms with Gasteiger partial charge in [0.2, 0.25) is 6.79 Å². The Kier molecular flexibility index (Phi) is 4.11. The predicted molar refractivity (Wildman–Crippen MR) is 84.9 cm³/mol. The molecular weight excluding hydrogens is 262 g/mol. The number of hydrogen-bond donors (Lipinski definition) is 0. The molecule has 2 aromatic carbocycles. The van der Waals surface area contributed by atoms with E-state index >= 15 is 0 Å². The Morgan fingerprint density at radius 3 is 2.38 bits per heavy atom. The topological polar surface area (TPSA) is 21.7 Å². The van der Waals surface area contributed by atoms with E-state index in [0.29, 0.717) is 6.79 Å². The zero-order valence-corrected chi connectivity index (χ0v) is 12.6. The third-order valence-corrected chi connectivity index (χ3v) is 3.73. The van der Waals surface area contributed by atoms with E-state index in [1.807, 2.05) is 12.1 Å². The van der Waals surface area contributed by atoms with Crippen molar-refractivity contribution in [3.05, 3.63) is 48.0 Å². The fourth-order valence-electron chi connectivity index (χ4n) is 2.54. The number of aryl methyl sites for hydroxylation is 1. The number of hydrogen-bond acceptors (Lipinski definition) is 3. The van der Waals surface area contributed by atoms with Crippen molar-refractivity contribution < 1.29 is 9.47 Å². The number of ether oxygens (including phenoxy) is 2. The Bertz CT molecular complexity index is 605. The minimum absolute atomic E-state index is 0.323. The first kappa shape index (κ1) is 14.0. The highest BCUT2D eigenvalue weighted by Gasteiger charge is 2.13. The summed E-state index contributed by atoms with van der Waals surface area (Å²) in [6.45, 7) is 1.45. The van der Waals surface area contributed by atoms with Crippen molar-refractivity contribution in [1.82, 2.24) is 4.90 Å². The van der Waals surface area contributed by atoms with Gasteiger partial charge in [0.05, 0.1) is 0 Å². The average molecular weight is 283 g/mol. The monoisotopic (exact) mass is 283 g/mol. The molecule has 1 aliphatic rings. The first-order valence-electron chi connectivity index (χ1n) is 7.36. The summed E-state index contributed by atoms with van der Waals surface area (Å²) in [5, 5.41) is 0. The average Bonchev–Trinajstić information content (AvgIpc) is 2.95. The summed E-state index contributed by atoms with van der Waals surface area (Å²) in [5.74, 6) is 1.67. The van der Waals surface area contributed by atoms with Gasteiger partial charge in [0.25, 0.3) is 0 Å². The molecule has 21 heavy (non-hydrogen) atoms. The fourth-order valence-corrected chi connectivity index (χ4v) is 2.54. The standard InChI is InChI=1S/C18H21NO2/c1-19(2)11-3-4-14-5-7-15(8-6-14)16-9-10-17-18(12-16)21-13-20-17/h5-10,12H,3-4,11,13H2,1-2H3. The van der Waals surface area contributed by atoms with Crippen LogP contribution in [0.2, 0.25) is 0 Å². The Hall–Kier alpha value is -2.00. The van der Waals surface area contributed by atoms with Crippen molar-refractivity contribution >= 4 is 0 Å². The van der Waals surface area contributed by atoms with Crippen LogP contribution < -0.4 is 9.47 Å². The maximum Gasteiger partial charge on any atom is 0.231 e. The van der Waals surface area contributed by atoms with E-state index in [2.05, 4.69) is 49.3 Å². The minimum atomic E-state index is 0.323. The summed E-state index contributed by atoms with van der Waals surface area (Å²) >= 11 is 0. The quantitative estimate of drug-likeness (QED) is 0.837. The fraction of sp³-hybridized carbons (Fsp3) is 0.333. The Morgan fingerprint density at radius 2 is 1.62 bits per heavy atom. The first-order valence-corrected chi connectivity index (χ1v) is 7.36. The minimum Gasteiger partial charge on any atom is -0.454 e. The second-order valence-corrected chi connectivity index (χ2v) is 5.67. The van der Waals surface area contributed by atoms with Crippen LogP contribution in [0.25, 0.3) is 11.1 Å². The molecule has 2 aromatic rings. The van der Waals surface area contributed by atoms with Crippen molar-refractivity contribution in [2.45, 2.75) is 12.8 Å². The van der Waals surface area contributed by atoms with E-state index in [9.17, 15) is 0 Å². The molecule has 0 radical (unpaired) electrons. The third-order valence-electron chi connectivity index (χ3n) is 3.73. The van der Waals surface area contributed by atoms with Gasteiger partial charge in [-0.15, -0.1) is 0 Å². The molecule has 1 heterocycles. The van der Waals surface area contributed by atoms with E-state index in [1.165, 1.54) is 23.1 Å². The van der Waals surface area contributed by atoms with Gasteiger partial charge in [0.1, 0.15) is 0 Å². The lowest BCUT2D eigenvalue weighted by atomic mass is 10.0. The molecule has 3 nitrogen and oxygen atoms in total. The number of nitrogens with zero attached hydrogens (tertiary/aromatic N) is 1. The van der Waals surface area contributed by atoms with Crippen LogP contribution in [0, 0.1) is 0 Å². The van der Waals surface area contributed by atoms with Crippen LogP contribution >= 0.6 is 0 Å². The zero-order chi connectivity index (χ0) is 14.7. The van der Waals surface area contributed by atoms with Crippen molar-refractivity contribution in [2.75, 3.05) is 27.4 Å². The summed E-state index contributed by atoms with van der Waals surface area (Å²) in [6, 6.07) is 14.9. The van der Waals surface area contributed by atoms with Crippen LogP contribution in [-0.4, -0.2) is 32.3 Å². The highest BCUT2D eigenvalue weighted by Crippen LogP contribution is 2.35. The van der Waals surface area contributed by atoms with Crippen LogP contribution in [0.1, 0.15) is 12.0 Å². The van der Waals surface area contributed by atoms with Gasteiger partial charge < -0.3 is 14.4 Å². The van der Waals surface area contributed by atoms with Crippen molar-refractivity contribution in [1.29, 1.82) is 0 Å². The number of rotatable bonds is 5. The molecule has 0 bridgehead atoms. The van der Waals surface area contributed by atoms with E-state index in [4.69, 9.17) is 9.47 Å². The van der Waals surface area contributed by atoms with E-state index in [-0.39, 0.29) is 0 Å². The highest BCUT2D eigenvalue weighted by molar-refractivity contribution is 5.67. The third kappa shape index (κ3) is 3.37. The van der Waals surface area contributed by atoms with E-state index in [0.717, 1.165) is 24.5 Å². The van der Waals surface area contributed by atoms with Crippen molar-refractivity contribution in [3.63, 3.8) is 0 Å². The molecular formula is C18H21NO2. The van der Waals surface area contributed by atoms with Gasteiger partial charge in [-0.1, -0.05) is 30.3 Å². The molecule has 3 heteroatoms. The number of fused-ring (bicyclic) bond motifs is 1. The molecule has 0 aliphatic carbocycles. The molecule has 0 amide bonds. The lowest BCUT2D eigenvalue weighted by molar-refractivity contribution is 0.174. The molecule has 0 N–H and O–H groups in total. The number of benzene rings is 2. The molecule has 1 aliphatic heterocycles. The normalized spacial score (nSPS) is 12.9. The molecule has 0 aromatic heterocycles. The second kappa shape index (κ2) is 6.19. The zero-order valence-electron chi connectivity index (χ0n) is 12.6. The van der Waals surface area contributed by atoms with Gasteiger partial charge in [-0.2, -0.15) is 0 Å². The summed E-state index contributed by atoms with van der Waals surface area (Å²) in [5.41, 5.74) is 3.77. The molecule has 0 atom stereocenters. The van der Waals surface area contributed by atoms with Crippen LogP contribution in [0.4, 0.5) is 0 Å². The SMILES string of the molecule is CN(C)CCCc1ccc(-c2ccc3c(c2)OCO3)cc1. The summed E-state index contributed by atoms with van der Waals surface area (Å²) < 4.78 is 10.8. The van der Waals surface area contributed by atoms with Gasteiger partial charge in [0.15, 0.2) is 11.5 Å². The lowest BCUT2D eigenvalue weighted by Crippen LogP contribution is -2.13. The Balaban J connectivity index is 1.69. The molecule has 110 valence electrons. The smallest absolute Gasteiger partial charge is 0.231 e. The molecule has 0 fully saturated rings. The van der Waals surface area contributed by atoms with Crippen LogP contribution in [0.15, 0.2) is 42.5 Å². The molecule has 0 saturated heterocycles. The molecule has 3 rings (SSSR count). The lowest BCUT2D eigenvalue weighted by Gasteiger charge is -2.09. The van der Waals surface area contributed by atoms with Crippen molar-refractivity contribution in [2.24, 2.45) is 0 Å². The van der Waals surface area contributed by atoms with E-state index < -0.39 is 0 Å². The Morgan fingerprint density at radius 1 is 0.905 bits per heavy atom. The molecule has 0 saturated carbocycles. The highest BCUT2D eigenvalue weighted by atomic mass is 16.7. The maximum atomic E-state index is 5.43. The van der Waals surface area contributed by atoms with E-state index in [1.54, 1.807) is 0 Å². The maximum absolute atomic E-state index is 5.43. The van der Waals surface area contributed by atoms with Gasteiger partial charge in [-0.25, -0.2) is 0 Å². The Labute approximate surface area is 126 Å². The summed E-state index contributed by atoms with van der Waals surface area (Å²) in [4.78, 5) is 2.22.